The van der Waals surface area contributed by atoms with Crippen molar-refractivity contribution in [3.8, 4) is 0 Å². The van der Waals surface area contributed by atoms with Gasteiger partial charge in [-0.25, -0.2) is 4.39 Å². The molecule has 0 aliphatic rings. The SMILES string of the molecule is Cc1ccc(NC(=O)c2cccc(/C(N)=N/O)c2)c(F)c1. The number of halogens is 1. The van der Waals surface area contributed by atoms with Crippen LogP contribution in [-0.4, -0.2) is 17.0 Å². The highest BCUT2D eigenvalue weighted by Gasteiger charge is 2.11. The molecule has 0 aliphatic heterocycles. The lowest BCUT2D eigenvalue weighted by Gasteiger charge is -2.08. The van der Waals surface area contributed by atoms with Crippen molar-refractivity contribution < 1.29 is 14.4 Å². The van der Waals surface area contributed by atoms with E-state index in [9.17, 15) is 9.18 Å². The number of nitrogens with zero attached hydrogens (tertiary/aromatic N) is 1. The van der Waals surface area contributed by atoms with Gasteiger partial charge in [0.1, 0.15) is 5.82 Å². The Hall–Kier alpha value is -2.89. The van der Waals surface area contributed by atoms with Crippen LogP contribution in [0.1, 0.15) is 21.5 Å². The highest BCUT2D eigenvalue weighted by Crippen LogP contribution is 2.16. The largest absolute Gasteiger partial charge is 0.409 e. The minimum Gasteiger partial charge on any atom is -0.409 e. The second-order valence-electron chi connectivity index (χ2n) is 4.50. The Bertz CT molecular complexity index is 714. The molecule has 2 aromatic carbocycles. The summed E-state index contributed by atoms with van der Waals surface area (Å²) in [4.78, 5) is 12.1. The number of carbonyl (C=O) groups is 1. The molecule has 0 atom stereocenters. The zero-order valence-electron chi connectivity index (χ0n) is 11.3. The van der Waals surface area contributed by atoms with Gasteiger partial charge in [-0.3, -0.25) is 4.79 Å². The predicted octanol–water partition coefficient (Wildman–Crippen LogP) is 2.48. The van der Waals surface area contributed by atoms with E-state index >= 15 is 0 Å². The Morgan fingerprint density at radius 1 is 1.24 bits per heavy atom. The number of amidine groups is 1. The summed E-state index contributed by atoms with van der Waals surface area (Å²) < 4.78 is 13.7. The molecule has 2 aromatic rings. The van der Waals surface area contributed by atoms with Crippen molar-refractivity contribution in [2.24, 2.45) is 10.9 Å². The number of rotatable bonds is 3. The van der Waals surface area contributed by atoms with Gasteiger partial charge in [-0.1, -0.05) is 23.4 Å². The Balaban J connectivity index is 2.24. The second kappa shape index (κ2) is 6.04. The maximum absolute atomic E-state index is 13.7. The third-order valence-electron chi connectivity index (χ3n) is 2.90. The summed E-state index contributed by atoms with van der Waals surface area (Å²) >= 11 is 0. The number of nitrogens with two attached hydrogens (primary N) is 1. The summed E-state index contributed by atoms with van der Waals surface area (Å²) in [6, 6.07) is 10.7. The maximum atomic E-state index is 13.7. The first-order valence-corrected chi connectivity index (χ1v) is 6.16. The molecule has 0 unspecified atom stereocenters. The lowest BCUT2D eigenvalue weighted by molar-refractivity contribution is 0.102. The first-order valence-electron chi connectivity index (χ1n) is 6.16. The summed E-state index contributed by atoms with van der Waals surface area (Å²) in [6.07, 6.45) is 0. The Kier molecular flexibility index (Phi) is 4.18. The van der Waals surface area contributed by atoms with Crippen molar-refractivity contribution >= 4 is 17.4 Å². The van der Waals surface area contributed by atoms with E-state index in [1.165, 1.54) is 18.2 Å². The van der Waals surface area contributed by atoms with Crippen LogP contribution in [0.15, 0.2) is 47.6 Å². The van der Waals surface area contributed by atoms with Crippen molar-refractivity contribution in [3.63, 3.8) is 0 Å². The van der Waals surface area contributed by atoms with Crippen molar-refractivity contribution in [1.82, 2.24) is 0 Å². The summed E-state index contributed by atoms with van der Waals surface area (Å²) in [5.74, 6) is -1.09. The van der Waals surface area contributed by atoms with Crippen molar-refractivity contribution in [3.05, 3.63) is 65.0 Å². The fraction of sp³-hybridized carbons (Fsp3) is 0.0667. The Morgan fingerprint density at radius 3 is 2.62 bits per heavy atom. The molecule has 0 bridgehead atoms. The van der Waals surface area contributed by atoms with Gasteiger partial charge < -0.3 is 16.3 Å². The van der Waals surface area contributed by atoms with E-state index in [1.54, 1.807) is 31.2 Å². The van der Waals surface area contributed by atoms with Crippen molar-refractivity contribution in [2.45, 2.75) is 6.92 Å². The third-order valence-corrected chi connectivity index (χ3v) is 2.90. The van der Waals surface area contributed by atoms with Crippen LogP contribution in [0.5, 0.6) is 0 Å². The molecular formula is C15H14FN3O2. The first kappa shape index (κ1) is 14.5. The fourth-order valence-corrected chi connectivity index (χ4v) is 1.79. The van der Waals surface area contributed by atoms with E-state index < -0.39 is 11.7 Å². The average molecular weight is 287 g/mol. The number of benzene rings is 2. The smallest absolute Gasteiger partial charge is 0.255 e. The van der Waals surface area contributed by atoms with Crippen molar-refractivity contribution in [1.29, 1.82) is 0 Å². The quantitative estimate of drug-likeness (QED) is 0.351. The molecule has 0 saturated carbocycles. The number of anilines is 1. The maximum Gasteiger partial charge on any atom is 0.255 e. The predicted molar refractivity (Wildman–Crippen MR) is 78.0 cm³/mol. The minimum atomic E-state index is -0.504. The van der Waals surface area contributed by atoms with Crippen LogP contribution < -0.4 is 11.1 Å². The number of nitrogens with one attached hydrogen (secondary N) is 1. The lowest BCUT2D eigenvalue weighted by atomic mass is 10.1. The number of carbonyl (C=O) groups excluding carboxylic acids is 1. The third kappa shape index (κ3) is 3.36. The number of hydrogen-bond acceptors (Lipinski definition) is 3. The van der Waals surface area contributed by atoms with Gasteiger partial charge in [-0.15, -0.1) is 0 Å². The fourth-order valence-electron chi connectivity index (χ4n) is 1.79. The first-order chi connectivity index (χ1) is 10.0. The number of amides is 1. The molecule has 21 heavy (non-hydrogen) atoms. The van der Waals surface area contributed by atoms with E-state index in [0.29, 0.717) is 5.56 Å². The summed E-state index contributed by atoms with van der Waals surface area (Å²) in [7, 11) is 0. The van der Waals surface area contributed by atoms with Crippen LogP contribution in [-0.2, 0) is 0 Å². The molecule has 0 fully saturated rings. The molecule has 5 nitrogen and oxygen atoms in total. The van der Waals surface area contributed by atoms with E-state index in [0.717, 1.165) is 5.56 Å². The van der Waals surface area contributed by atoms with Gasteiger partial charge in [-0.05, 0) is 36.8 Å². The highest BCUT2D eigenvalue weighted by molar-refractivity contribution is 6.06. The number of oxime groups is 1. The van der Waals surface area contributed by atoms with Gasteiger partial charge in [0.2, 0.25) is 0 Å². The summed E-state index contributed by atoms with van der Waals surface area (Å²) in [5, 5.41) is 14.0. The van der Waals surface area contributed by atoms with E-state index in [2.05, 4.69) is 10.5 Å². The van der Waals surface area contributed by atoms with Gasteiger partial charge >= 0.3 is 0 Å². The topological polar surface area (TPSA) is 87.7 Å². The molecule has 1 amide bonds. The molecular weight excluding hydrogens is 273 g/mol. The van der Waals surface area contributed by atoms with Gasteiger partial charge in [0, 0.05) is 11.1 Å². The monoisotopic (exact) mass is 287 g/mol. The van der Waals surface area contributed by atoms with Crippen LogP contribution in [0, 0.1) is 12.7 Å². The second-order valence-corrected chi connectivity index (χ2v) is 4.50. The minimum absolute atomic E-state index is 0.0970. The van der Waals surface area contributed by atoms with Crippen molar-refractivity contribution in [2.75, 3.05) is 5.32 Å². The van der Waals surface area contributed by atoms with E-state index in [4.69, 9.17) is 10.9 Å². The van der Waals surface area contributed by atoms with Crippen LogP contribution >= 0.6 is 0 Å². The molecule has 0 radical (unpaired) electrons. The zero-order chi connectivity index (χ0) is 15.4. The molecule has 0 heterocycles. The number of aryl methyl sites for hydroxylation is 1. The zero-order valence-corrected chi connectivity index (χ0v) is 11.3. The lowest BCUT2D eigenvalue weighted by Crippen LogP contribution is -2.16. The summed E-state index contributed by atoms with van der Waals surface area (Å²) in [6.45, 7) is 1.76. The van der Waals surface area contributed by atoms with Gasteiger partial charge in [-0.2, -0.15) is 0 Å². The molecule has 0 aromatic heterocycles. The standard InChI is InChI=1S/C15H14FN3O2/c1-9-5-6-13(12(16)7-9)18-15(20)11-4-2-3-10(8-11)14(17)19-21/h2-8,21H,1H3,(H2,17,19)(H,18,20). The number of hydrogen-bond donors (Lipinski definition) is 3. The molecule has 2 rings (SSSR count). The highest BCUT2D eigenvalue weighted by atomic mass is 19.1. The van der Waals surface area contributed by atoms with Gasteiger partial charge in [0.05, 0.1) is 5.69 Å². The normalized spacial score (nSPS) is 11.2. The molecule has 108 valence electrons. The van der Waals surface area contributed by atoms with E-state index in [1.807, 2.05) is 0 Å². The molecule has 0 spiro atoms. The van der Waals surface area contributed by atoms with E-state index in [-0.39, 0.29) is 17.1 Å². The van der Waals surface area contributed by atoms with Crippen LogP contribution in [0.25, 0.3) is 0 Å². The van der Waals surface area contributed by atoms with Crippen LogP contribution in [0.4, 0.5) is 10.1 Å². The van der Waals surface area contributed by atoms with Crippen LogP contribution in [0.3, 0.4) is 0 Å². The molecule has 6 heteroatoms. The Labute approximate surface area is 120 Å². The van der Waals surface area contributed by atoms with Crippen LogP contribution in [0.2, 0.25) is 0 Å². The molecule has 0 saturated heterocycles. The molecule has 4 N–H and O–H groups in total. The van der Waals surface area contributed by atoms with Gasteiger partial charge in [0.15, 0.2) is 5.84 Å². The Morgan fingerprint density at radius 2 is 1.95 bits per heavy atom. The van der Waals surface area contributed by atoms with Gasteiger partial charge in [0.25, 0.3) is 5.91 Å². The summed E-state index contributed by atoms with van der Waals surface area (Å²) in [5.41, 5.74) is 7.00. The average Bonchev–Trinajstić information content (AvgIpc) is 2.49. The molecule has 0 aliphatic carbocycles.